The normalized spacial score (nSPS) is 16.3. The zero-order chi connectivity index (χ0) is 23.4. The van der Waals surface area contributed by atoms with E-state index in [1.54, 1.807) is 0 Å². The smallest absolute Gasteiger partial charge is 0.0140 e. The standard InChI is InChI=1S/C18H28N.C10H12O.ClH.Ru/c1-13(2)15-10-8-9-14(3)16(15)19-12-17(4,5)11-18(19,6)7;1-8(2)11-10-7-5-4-6-9(10)3;;/h8-10,12-13H,11H2,1-7H3;3-8H,1-2H3;1H;/q-1;;;+1/p-1. The van der Waals surface area contributed by atoms with Crippen molar-refractivity contribution in [2.75, 3.05) is 4.90 Å². The maximum atomic E-state index is 5.59. The summed E-state index contributed by atoms with van der Waals surface area (Å²) in [6, 6.07) is 14.7. The van der Waals surface area contributed by atoms with Crippen molar-refractivity contribution in [1.29, 1.82) is 0 Å². The van der Waals surface area contributed by atoms with E-state index in [0.717, 1.165) is 11.3 Å². The van der Waals surface area contributed by atoms with Gasteiger partial charge in [0.15, 0.2) is 0 Å². The largest absolute Gasteiger partial charge is 1.00 e. The molecule has 179 valence electrons. The topological polar surface area (TPSA) is 12.5 Å². The molecule has 0 aliphatic carbocycles. The third-order valence-electron chi connectivity index (χ3n) is 5.54. The van der Waals surface area contributed by atoms with Crippen molar-refractivity contribution < 1.29 is 35.0 Å². The number of ether oxygens (including phenoxy) is 1. The number of benzene rings is 2. The van der Waals surface area contributed by atoms with E-state index in [4.69, 9.17) is 4.74 Å². The van der Waals surface area contributed by atoms with E-state index in [9.17, 15) is 0 Å². The molecular weight excluding hydrogens is 503 g/mol. The summed E-state index contributed by atoms with van der Waals surface area (Å²) in [5.41, 5.74) is 5.87. The third-order valence-corrected chi connectivity index (χ3v) is 6.08. The molecule has 32 heavy (non-hydrogen) atoms. The van der Waals surface area contributed by atoms with Crippen LogP contribution in [-0.2, 0) is 17.9 Å². The predicted molar refractivity (Wildman–Crippen MR) is 132 cm³/mol. The zero-order valence-electron chi connectivity index (χ0n) is 21.1. The number of rotatable bonds is 5. The second-order valence-corrected chi connectivity index (χ2v) is 11.0. The van der Waals surface area contributed by atoms with Crippen molar-refractivity contribution in [3.8, 4) is 5.75 Å². The molecule has 1 heterocycles. The molecule has 0 aromatic heterocycles. The summed E-state index contributed by atoms with van der Waals surface area (Å²) in [5, 5.41) is 0. The van der Waals surface area contributed by atoms with Crippen molar-refractivity contribution in [3.05, 3.63) is 65.7 Å². The zero-order valence-corrected chi connectivity index (χ0v) is 23.6. The third kappa shape index (κ3) is 7.42. The van der Waals surface area contributed by atoms with Gasteiger partial charge in [-0.15, -0.1) is 5.41 Å². The molecular formula is C28H40ClNORu-. The van der Waals surface area contributed by atoms with Gasteiger partial charge < -0.3 is 17.3 Å². The van der Waals surface area contributed by atoms with Gasteiger partial charge in [0.25, 0.3) is 0 Å². The summed E-state index contributed by atoms with van der Waals surface area (Å²) >= 11 is 2.49. The van der Waals surface area contributed by atoms with Gasteiger partial charge in [0.05, 0.1) is 0 Å². The molecule has 0 unspecified atom stereocenters. The van der Waals surface area contributed by atoms with Gasteiger partial charge in [0.2, 0.25) is 0 Å². The molecule has 0 saturated carbocycles. The minimum atomic E-state index is 0. The number of hydrogen-bond donors (Lipinski definition) is 0. The molecule has 3 rings (SSSR count). The molecule has 1 aliphatic heterocycles. The number of halogens is 1. The van der Waals surface area contributed by atoms with Crippen molar-refractivity contribution in [2.45, 2.75) is 86.3 Å². The Morgan fingerprint density at radius 2 is 1.62 bits per heavy atom. The van der Waals surface area contributed by atoms with E-state index >= 15 is 0 Å². The molecule has 2 nitrogen and oxygen atoms in total. The SMILES string of the molecule is CC(C)Oc1ccccc1[CH]=[Ru+].Cc1cccc(C(C)C)c1N1[CH-]C(C)(C)CC1(C)C.[Cl-]. The monoisotopic (exact) mass is 543 g/mol. The van der Waals surface area contributed by atoms with Gasteiger partial charge in [-0.1, -0.05) is 52.3 Å². The second-order valence-electron chi connectivity index (χ2n) is 10.5. The van der Waals surface area contributed by atoms with Gasteiger partial charge in [-0.05, 0) is 37.8 Å². The predicted octanol–water partition coefficient (Wildman–Crippen LogP) is 4.47. The molecule has 2 aromatic carbocycles. The summed E-state index contributed by atoms with van der Waals surface area (Å²) in [5.74, 6) is 1.51. The van der Waals surface area contributed by atoms with E-state index in [1.165, 1.54) is 23.2 Å². The van der Waals surface area contributed by atoms with Crippen LogP contribution in [0.4, 0.5) is 5.69 Å². The minimum absolute atomic E-state index is 0. The van der Waals surface area contributed by atoms with Crippen molar-refractivity contribution in [1.82, 2.24) is 0 Å². The number of aryl methyl sites for hydroxylation is 1. The second kappa shape index (κ2) is 11.8. The molecule has 0 radical (unpaired) electrons. The Kier molecular flexibility index (Phi) is 10.6. The van der Waals surface area contributed by atoms with E-state index in [2.05, 4.69) is 96.0 Å². The van der Waals surface area contributed by atoms with Gasteiger partial charge in [0.1, 0.15) is 0 Å². The molecule has 1 saturated heterocycles. The molecule has 2 aromatic rings. The van der Waals surface area contributed by atoms with E-state index in [1.807, 2.05) is 42.7 Å². The summed E-state index contributed by atoms with van der Waals surface area (Å²) in [4.78, 5) is 2.53. The Labute approximate surface area is 212 Å². The van der Waals surface area contributed by atoms with Crippen LogP contribution in [0.3, 0.4) is 0 Å². The van der Waals surface area contributed by atoms with Crippen LogP contribution in [0, 0.1) is 18.9 Å². The first-order valence-electron chi connectivity index (χ1n) is 11.3. The van der Waals surface area contributed by atoms with Crippen LogP contribution < -0.4 is 22.0 Å². The molecule has 0 bridgehead atoms. The Morgan fingerprint density at radius 3 is 2.12 bits per heavy atom. The van der Waals surface area contributed by atoms with Crippen LogP contribution in [0.5, 0.6) is 5.75 Å². The van der Waals surface area contributed by atoms with Gasteiger partial charge in [0, 0.05) is 11.2 Å². The van der Waals surface area contributed by atoms with Crippen molar-refractivity contribution in [2.24, 2.45) is 5.41 Å². The van der Waals surface area contributed by atoms with Crippen LogP contribution >= 0.6 is 0 Å². The molecule has 1 fully saturated rings. The minimum Gasteiger partial charge on any atom is -1.00 e. The van der Waals surface area contributed by atoms with Gasteiger partial charge in [-0.2, -0.15) is 0 Å². The van der Waals surface area contributed by atoms with E-state index < -0.39 is 0 Å². The molecule has 4 heteroatoms. The van der Waals surface area contributed by atoms with Crippen LogP contribution in [0.2, 0.25) is 0 Å². The van der Waals surface area contributed by atoms with Crippen molar-refractivity contribution in [3.63, 3.8) is 0 Å². The fourth-order valence-electron chi connectivity index (χ4n) is 4.54. The van der Waals surface area contributed by atoms with Gasteiger partial charge >= 0.3 is 82.7 Å². The average Bonchev–Trinajstić information content (AvgIpc) is 2.88. The van der Waals surface area contributed by atoms with E-state index in [-0.39, 0.29) is 29.5 Å². The summed E-state index contributed by atoms with van der Waals surface area (Å²) < 4.78 is 7.58. The quantitative estimate of drug-likeness (QED) is 0.408. The molecule has 0 spiro atoms. The summed E-state index contributed by atoms with van der Waals surface area (Å²) in [6.07, 6.45) is 1.43. The van der Waals surface area contributed by atoms with Crippen molar-refractivity contribution >= 4 is 10.3 Å². The first kappa shape index (κ1) is 28.9. The number of hydrogen-bond acceptors (Lipinski definition) is 2. The maximum absolute atomic E-state index is 5.59. The fraction of sp³-hybridized carbons (Fsp3) is 0.500. The van der Waals surface area contributed by atoms with Crippen LogP contribution in [0.25, 0.3) is 0 Å². The maximum Gasteiger partial charge on any atom is 0.0140 e. The summed E-state index contributed by atoms with van der Waals surface area (Å²) in [7, 11) is 0. The molecule has 0 N–H and O–H groups in total. The van der Waals surface area contributed by atoms with Crippen LogP contribution in [-0.4, -0.2) is 16.3 Å². The Balaban J connectivity index is 0.000000342. The fourth-order valence-corrected chi connectivity index (χ4v) is 4.95. The van der Waals surface area contributed by atoms with Crippen LogP contribution in [0.15, 0.2) is 42.5 Å². The Bertz CT molecular complexity index is 889. The molecule has 0 amide bonds. The van der Waals surface area contributed by atoms with Crippen LogP contribution in [0.1, 0.15) is 84.4 Å². The molecule has 0 atom stereocenters. The van der Waals surface area contributed by atoms with Gasteiger partial charge in [-0.3, -0.25) is 0 Å². The van der Waals surface area contributed by atoms with E-state index in [0.29, 0.717) is 5.92 Å². The first-order chi connectivity index (χ1) is 14.4. The number of anilines is 1. The molecule has 1 aliphatic rings. The Hall–Kier alpha value is -1.18. The first-order valence-corrected chi connectivity index (χ1v) is 12.3. The average molecular weight is 543 g/mol. The number of nitrogens with zero attached hydrogens (tertiary/aromatic N) is 1. The van der Waals surface area contributed by atoms with Gasteiger partial charge in [-0.25, -0.2) is 6.54 Å². The number of para-hydroxylation sites is 2. The Morgan fingerprint density at radius 1 is 1.00 bits per heavy atom. The summed E-state index contributed by atoms with van der Waals surface area (Å²) in [6.45, 7) is 22.7.